The van der Waals surface area contributed by atoms with Gasteiger partial charge in [-0.15, -0.1) is 10.2 Å². The van der Waals surface area contributed by atoms with Gasteiger partial charge in [-0.3, -0.25) is 9.59 Å². The van der Waals surface area contributed by atoms with Crippen LogP contribution < -0.4 is 0 Å². The van der Waals surface area contributed by atoms with Gasteiger partial charge >= 0.3 is 0 Å². The Morgan fingerprint density at radius 1 is 0.966 bits per heavy atom. The highest BCUT2D eigenvalue weighted by Gasteiger charge is 2.27. The van der Waals surface area contributed by atoms with Crippen LogP contribution in [-0.2, 0) is 22.6 Å². The molecule has 0 N–H and O–H groups in total. The number of azo groups is 1. The van der Waals surface area contributed by atoms with Crippen molar-refractivity contribution in [3.8, 4) is 0 Å². The van der Waals surface area contributed by atoms with Crippen LogP contribution in [0.3, 0.4) is 0 Å². The van der Waals surface area contributed by atoms with Gasteiger partial charge in [-0.2, -0.15) is 0 Å². The number of likely N-dealkylation sites (N-methyl/N-ethyl adjacent to an activating group) is 1. The molecule has 4 rings (SSSR count). The molecule has 1 aliphatic heterocycles. The highest BCUT2D eigenvalue weighted by Crippen LogP contribution is 2.34. The number of carbonyl (C=O) groups excluding carboxylic acids is 2. The van der Waals surface area contributed by atoms with Crippen molar-refractivity contribution < 1.29 is 9.59 Å². The van der Waals surface area contributed by atoms with E-state index in [1.807, 2.05) is 85.9 Å². The summed E-state index contributed by atoms with van der Waals surface area (Å²) in [7, 11) is 1.82. The minimum absolute atomic E-state index is 0.0620. The van der Waals surface area contributed by atoms with Crippen molar-refractivity contribution in [3.63, 3.8) is 0 Å². The van der Waals surface area contributed by atoms with Gasteiger partial charge in [-0.05, 0) is 16.7 Å². The van der Waals surface area contributed by atoms with Crippen molar-refractivity contribution in [1.29, 1.82) is 0 Å². The molecule has 0 radical (unpaired) electrons. The first-order chi connectivity index (χ1) is 14.1. The molecular formula is C24H21N3O2. The summed E-state index contributed by atoms with van der Waals surface area (Å²) in [6, 6.07) is 17.7. The third kappa shape index (κ3) is 4.14. The zero-order valence-corrected chi connectivity index (χ0v) is 16.2. The van der Waals surface area contributed by atoms with Gasteiger partial charge in [0.2, 0.25) is 5.91 Å². The summed E-state index contributed by atoms with van der Waals surface area (Å²) in [6.07, 6.45) is 7.83. The van der Waals surface area contributed by atoms with Crippen LogP contribution in [-0.4, -0.2) is 23.8 Å². The summed E-state index contributed by atoms with van der Waals surface area (Å²) in [5.41, 5.74) is 4.49. The van der Waals surface area contributed by atoms with Gasteiger partial charge in [0.1, 0.15) is 0 Å². The summed E-state index contributed by atoms with van der Waals surface area (Å²) >= 11 is 0. The van der Waals surface area contributed by atoms with Gasteiger partial charge in [-0.25, -0.2) is 0 Å². The molecule has 2 amide bonds. The second-order valence-electron chi connectivity index (χ2n) is 7.17. The van der Waals surface area contributed by atoms with E-state index in [0.717, 1.165) is 22.3 Å². The minimum Gasteiger partial charge on any atom is -0.341 e. The molecule has 1 atom stereocenters. The van der Waals surface area contributed by atoms with Gasteiger partial charge in [0.15, 0.2) is 0 Å². The van der Waals surface area contributed by atoms with Crippen molar-refractivity contribution >= 4 is 17.5 Å². The number of nitrogens with zero attached hydrogens (tertiary/aromatic N) is 3. The van der Waals surface area contributed by atoms with Gasteiger partial charge in [0.05, 0.1) is 18.0 Å². The van der Waals surface area contributed by atoms with Crippen LogP contribution in [0.4, 0.5) is 0 Å². The normalized spacial score (nSPS) is 17.4. The monoisotopic (exact) mass is 383 g/mol. The molecule has 0 aromatic heterocycles. The third-order valence-corrected chi connectivity index (χ3v) is 5.08. The predicted octanol–water partition coefficient (Wildman–Crippen LogP) is 4.33. The van der Waals surface area contributed by atoms with Crippen LogP contribution in [0.25, 0.3) is 5.70 Å². The van der Waals surface area contributed by atoms with Crippen molar-refractivity contribution in [2.24, 2.45) is 16.1 Å². The molecule has 0 bridgehead atoms. The van der Waals surface area contributed by atoms with Crippen molar-refractivity contribution in [1.82, 2.24) is 4.90 Å². The Hall–Kier alpha value is -3.60. The first-order valence-electron chi connectivity index (χ1n) is 9.53. The molecule has 2 aromatic rings. The zero-order valence-electron chi connectivity index (χ0n) is 16.2. The average Bonchev–Trinajstić information content (AvgIpc) is 2.76. The Bertz CT molecular complexity index is 1050. The Labute approximate surface area is 169 Å². The lowest BCUT2D eigenvalue weighted by atomic mass is 9.89. The first kappa shape index (κ1) is 18.7. The number of hydrogen-bond acceptors (Lipinski definition) is 3. The number of benzene rings is 2. The van der Waals surface area contributed by atoms with Crippen LogP contribution in [0.15, 0.2) is 94.7 Å². The third-order valence-electron chi connectivity index (χ3n) is 5.08. The molecule has 0 saturated carbocycles. The molecule has 144 valence electrons. The quantitative estimate of drug-likeness (QED) is 0.771. The Morgan fingerprint density at radius 3 is 2.48 bits per heavy atom. The summed E-state index contributed by atoms with van der Waals surface area (Å²) in [6.45, 7) is 0.587. The van der Waals surface area contributed by atoms with E-state index in [1.54, 1.807) is 4.90 Å². The van der Waals surface area contributed by atoms with Crippen LogP contribution in [0.2, 0.25) is 0 Å². The van der Waals surface area contributed by atoms with E-state index < -0.39 is 0 Å². The largest absolute Gasteiger partial charge is 0.341 e. The van der Waals surface area contributed by atoms with Gasteiger partial charge < -0.3 is 4.90 Å². The lowest BCUT2D eigenvalue weighted by Gasteiger charge is -2.20. The molecule has 2 aliphatic rings. The molecule has 0 fully saturated rings. The highest BCUT2D eigenvalue weighted by atomic mass is 16.2. The van der Waals surface area contributed by atoms with Crippen molar-refractivity contribution in [2.75, 3.05) is 7.05 Å². The second-order valence-corrected chi connectivity index (χ2v) is 7.17. The molecule has 5 nitrogen and oxygen atoms in total. The number of allylic oxidation sites excluding steroid dienone is 3. The molecule has 2 aromatic carbocycles. The maximum absolute atomic E-state index is 12.6. The van der Waals surface area contributed by atoms with Crippen molar-refractivity contribution in [3.05, 3.63) is 101 Å². The van der Waals surface area contributed by atoms with Crippen LogP contribution in [0.5, 0.6) is 0 Å². The fraction of sp³-hybridized carbons (Fsp3) is 0.167. The van der Waals surface area contributed by atoms with Gasteiger partial charge in [0, 0.05) is 19.2 Å². The average molecular weight is 383 g/mol. The standard InChI is InChI=1S/C24H21N3O2/c1-27(16-18-7-3-2-4-8-18)22(28)15-17-11-13-19(14-12-17)23-20-9-5-6-10-21(20)24(29)26-25-23/h2-14,21H,15-16H2,1H3. The minimum atomic E-state index is -0.361. The lowest BCUT2D eigenvalue weighted by Crippen LogP contribution is -2.27. The number of rotatable bonds is 5. The molecule has 5 heteroatoms. The highest BCUT2D eigenvalue weighted by molar-refractivity contribution is 5.91. The summed E-state index contributed by atoms with van der Waals surface area (Å²) in [5.74, 6) is -0.541. The summed E-state index contributed by atoms with van der Waals surface area (Å²) in [4.78, 5) is 26.2. The Balaban J connectivity index is 1.46. The second kappa shape index (κ2) is 8.19. The molecule has 1 heterocycles. The molecule has 29 heavy (non-hydrogen) atoms. The van der Waals surface area contributed by atoms with E-state index in [-0.39, 0.29) is 17.7 Å². The van der Waals surface area contributed by atoms with Gasteiger partial charge in [0.25, 0.3) is 5.91 Å². The molecule has 0 saturated heterocycles. The summed E-state index contributed by atoms with van der Waals surface area (Å²) in [5, 5.41) is 7.91. The van der Waals surface area contributed by atoms with Crippen LogP contribution >= 0.6 is 0 Å². The maximum atomic E-state index is 12.6. The number of fused-ring (bicyclic) bond motifs is 1. The zero-order chi connectivity index (χ0) is 20.2. The Morgan fingerprint density at radius 2 is 1.72 bits per heavy atom. The number of amides is 2. The van der Waals surface area contributed by atoms with Crippen LogP contribution in [0.1, 0.15) is 16.7 Å². The molecule has 1 aliphatic carbocycles. The topological polar surface area (TPSA) is 62.1 Å². The Kier molecular flexibility index (Phi) is 5.29. The van der Waals surface area contributed by atoms with E-state index in [1.165, 1.54) is 0 Å². The van der Waals surface area contributed by atoms with Crippen molar-refractivity contribution in [2.45, 2.75) is 13.0 Å². The predicted molar refractivity (Wildman–Crippen MR) is 112 cm³/mol. The van der Waals surface area contributed by atoms with E-state index in [2.05, 4.69) is 10.2 Å². The SMILES string of the molecule is CN(Cc1ccccc1)C(=O)Cc1ccc(C2=C3C=CC=CC3C(=O)N=N2)cc1. The van der Waals surface area contributed by atoms with E-state index in [4.69, 9.17) is 0 Å². The maximum Gasteiger partial charge on any atom is 0.276 e. The smallest absolute Gasteiger partial charge is 0.276 e. The number of hydrogen-bond donors (Lipinski definition) is 0. The fourth-order valence-corrected chi connectivity index (χ4v) is 3.46. The fourth-order valence-electron chi connectivity index (χ4n) is 3.46. The summed E-state index contributed by atoms with van der Waals surface area (Å²) < 4.78 is 0. The first-order valence-corrected chi connectivity index (χ1v) is 9.53. The van der Waals surface area contributed by atoms with Gasteiger partial charge in [-0.1, -0.05) is 78.9 Å². The molecule has 1 unspecified atom stereocenters. The van der Waals surface area contributed by atoms with E-state index in [9.17, 15) is 9.59 Å². The molecule has 0 spiro atoms. The number of carbonyl (C=O) groups is 2. The van der Waals surface area contributed by atoms with E-state index >= 15 is 0 Å². The molecular weight excluding hydrogens is 362 g/mol. The van der Waals surface area contributed by atoms with Crippen LogP contribution in [0, 0.1) is 5.92 Å². The van der Waals surface area contributed by atoms with E-state index in [0.29, 0.717) is 18.7 Å². The lowest BCUT2D eigenvalue weighted by molar-refractivity contribution is -0.129.